The highest BCUT2D eigenvalue weighted by atomic mass is 16.5. The second kappa shape index (κ2) is 8.27. The van der Waals surface area contributed by atoms with Gasteiger partial charge in [-0.25, -0.2) is 4.98 Å². The monoisotopic (exact) mass is 422 g/mol. The van der Waals surface area contributed by atoms with E-state index < -0.39 is 0 Å². The van der Waals surface area contributed by atoms with E-state index in [1.54, 1.807) is 0 Å². The molecule has 0 bridgehead atoms. The first-order valence-electron chi connectivity index (χ1n) is 10.7. The number of nitrogens with zero attached hydrogens (tertiary/aromatic N) is 4. The van der Waals surface area contributed by atoms with Gasteiger partial charge >= 0.3 is 0 Å². The van der Waals surface area contributed by atoms with Crippen molar-refractivity contribution in [2.75, 3.05) is 18.6 Å². The predicted octanol–water partition coefficient (Wildman–Crippen LogP) is 6.04. The number of benzene rings is 3. The van der Waals surface area contributed by atoms with Crippen LogP contribution in [0.5, 0.6) is 11.5 Å². The summed E-state index contributed by atoms with van der Waals surface area (Å²) in [5, 5.41) is 0. The average Bonchev–Trinajstić information content (AvgIpc) is 3.37. The van der Waals surface area contributed by atoms with E-state index in [1.165, 1.54) is 0 Å². The summed E-state index contributed by atoms with van der Waals surface area (Å²) in [7, 11) is 4.13. The van der Waals surface area contributed by atoms with Crippen LogP contribution in [0.3, 0.4) is 0 Å². The summed E-state index contributed by atoms with van der Waals surface area (Å²) in [6.07, 6.45) is 4.14. The lowest BCUT2D eigenvalue weighted by Gasteiger charge is -2.19. The fourth-order valence-electron chi connectivity index (χ4n) is 4.15. The lowest BCUT2D eigenvalue weighted by Crippen LogP contribution is -2.21. The number of anilines is 1. The molecule has 5 rings (SSSR count). The second-order valence-corrected chi connectivity index (χ2v) is 8.09. The molecule has 2 heterocycles. The quantitative estimate of drug-likeness (QED) is 0.393. The van der Waals surface area contributed by atoms with E-state index in [0.29, 0.717) is 0 Å². The van der Waals surface area contributed by atoms with Crippen LogP contribution < -0.4 is 9.64 Å². The molecule has 0 N–H and O–H groups in total. The molecule has 0 saturated carbocycles. The van der Waals surface area contributed by atoms with E-state index in [0.717, 1.165) is 52.2 Å². The van der Waals surface area contributed by atoms with Crippen LogP contribution >= 0.6 is 0 Å². The second-order valence-electron chi connectivity index (χ2n) is 8.09. The van der Waals surface area contributed by atoms with Crippen LogP contribution in [0.1, 0.15) is 5.69 Å². The fourth-order valence-corrected chi connectivity index (χ4v) is 4.15. The van der Waals surface area contributed by atoms with Crippen molar-refractivity contribution in [2.45, 2.75) is 6.92 Å². The molecule has 160 valence electrons. The third-order valence-electron chi connectivity index (χ3n) is 5.67. The molecule has 1 aliphatic rings. The summed E-state index contributed by atoms with van der Waals surface area (Å²) < 4.78 is 8.38. The Labute approximate surface area is 188 Å². The van der Waals surface area contributed by atoms with Crippen LogP contribution in [-0.4, -0.2) is 28.2 Å². The van der Waals surface area contributed by atoms with Crippen LogP contribution in [-0.2, 0) is 7.05 Å². The van der Waals surface area contributed by atoms with Gasteiger partial charge in [-0.3, -0.25) is 0 Å². The molecule has 4 aromatic rings. The third kappa shape index (κ3) is 3.85. The van der Waals surface area contributed by atoms with Gasteiger partial charge in [-0.1, -0.05) is 48.5 Å². The Morgan fingerprint density at radius 2 is 1.50 bits per heavy atom. The molecule has 0 fully saturated rings. The summed E-state index contributed by atoms with van der Waals surface area (Å²) >= 11 is 0. The minimum Gasteiger partial charge on any atom is -0.457 e. The Hall–Kier alpha value is -3.99. The van der Waals surface area contributed by atoms with Gasteiger partial charge < -0.3 is 19.1 Å². The van der Waals surface area contributed by atoms with Gasteiger partial charge in [0.15, 0.2) is 0 Å². The Balaban J connectivity index is 1.42. The van der Waals surface area contributed by atoms with E-state index in [9.17, 15) is 0 Å². The topological polar surface area (TPSA) is 33.5 Å². The first-order chi connectivity index (χ1) is 15.6. The number of imidazole rings is 1. The number of hydrogen-bond acceptors (Lipinski definition) is 4. The van der Waals surface area contributed by atoms with Crippen molar-refractivity contribution in [1.82, 2.24) is 14.5 Å². The minimum absolute atomic E-state index is 0.788. The zero-order valence-electron chi connectivity index (χ0n) is 18.6. The maximum absolute atomic E-state index is 6.23. The number of rotatable bonds is 5. The molecule has 5 heteroatoms. The SMILES string of the molecule is Cc1nc(-c2cccc(Oc3cccc(N4C=CN(C)C4)c3)c2)n(C)c1-c1ccccc1. The molecule has 3 aromatic carbocycles. The van der Waals surface area contributed by atoms with Crippen LogP contribution in [0.25, 0.3) is 22.6 Å². The van der Waals surface area contributed by atoms with Crippen molar-refractivity contribution in [3.8, 4) is 34.1 Å². The average molecular weight is 423 g/mol. The molecule has 0 atom stereocenters. The van der Waals surface area contributed by atoms with E-state index in [4.69, 9.17) is 9.72 Å². The fraction of sp³-hybridized carbons (Fsp3) is 0.148. The summed E-state index contributed by atoms with van der Waals surface area (Å²) in [5.74, 6) is 2.52. The maximum Gasteiger partial charge on any atom is 0.140 e. The Morgan fingerprint density at radius 1 is 0.781 bits per heavy atom. The molecule has 0 unspecified atom stereocenters. The van der Waals surface area contributed by atoms with Gasteiger partial charge in [-0.15, -0.1) is 0 Å². The van der Waals surface area contributed by atoms with E-state index in [-0.39, 0.29) is 0 Å². The molecule has 0 radical (unpaired) electrons. The highest BCUT2D eigenvalue weighted by Crippen LogP contribution is 2.32. The van der Waals surface area contributed by atoms with Gasteiger partial charge in [0.05, 0.1) is 18.1 Å². The molecule has 0 aliphatic carbocycles. The molecule has 1 aromatic heterocycles. The first-order valence-corrected chi connectivity index (χ1v) is 10.7. The van der Waals surface area contributed by atoms with Gasteiger partial charge in [0, 0.05) is 49.4 Å². The van der Waals surface area contributed by atoms with Crippen molar-refractivity contribution >= 4 is 5.69 Å². The summed E-state index contributed by atoms with van der Waals surface area (Å²) in [4.78, 5) is 9.19. The van der Waals surface area contributed by atoms with Crippen LogP contribution in [0.4, 0.5) is 5.69 Å². The molecule has 32 heavy (non-hydrogen) atoms. The highest BCUT2D eigenvalue weighted by molar-refractivity contribution is 5.69. The van der Waals surface area contributed by atoms with Crippen molar-refractivity contribution in [3.05, 3.63) is 97.0 Å². The van der Waals surface area contributed by atoms with Gasteiger partial charge in [0.1, 0.15) is 17.3 Å². The Bertz CT molecular complexity index is 1280. The normalized spacial score (nSPS) is 13.1. The third-order valence-corrected chi connectivity index (χ3v) is 5.67. The predicted molar refractivity (Wildman–Crippen MR) is 130 cm³/mol. The number of hydrogen-bond donors (Lipinski definition) is 0. The van der Waals surface area contributed by atoms with E-state index in [2.05, 4.69) is 90.3 Å². The number of aromatic nitrogens is 2. The van der Waals surface area contributed by atoms with Crippen molar-refractivity contribution in [2.24, 2.45) is 7.05 Å². The first kappa shape index (κ1) is 19.9. The summed E-state index contributed by atoms with van der Waals surface area (Å²) in [6, 6.07) is 26.7. The molecular weight excluding hydrogens is 396 g/mol. The lowest BCUT2D eigenvalue weighted by molar-refractivity contribution is 0.481. The maximum atomic E-state index is 6.23. The molecule has 0 spiro atoms. The number of aryl methyl sites for hydroxylation is 1. The van der Waals surface area contributed by atoms with Crippen LogP contribution in [0, 0.1) is 6.92 Å². The molecule has 0 saturated heterocycles. The van der Waals surface area contributed by atoms with Crippen molar-refractivity contribution < 1.29 is 4.74 Å². The highest BCUT2D eigenvalue weighted by Gasteiger charge is 2.16. The lowest BCUT2D eigenvalue weighted by atomic mass is 10.1. The smallest absolute Gasteiger partial charge is 0.140 e. The van der Waals surface area contributed by atoms with Gasteiger partial charge in [0.2, 0.25) is 0 Å². The zero-order chi connectivity index (χ0) is 22.1. The van der Waals surface area contributed by atoms with Gasteiger partial charge in [0.25, 0.3) is 0 Å². The molecule has 1 aliphatic heterocycles. The van der Waals surface area contributed by atoms with E-state index >= 15 is 0 Å². The Morgan fingerprint density at radius 3 is 2.25 bits per heavy atom. The summed E-state index contributed by atoms with van der Waals surface area (Å²) in [5.41, 5.74) is 5.43. The zero-order valence-corrected chi connectivity index (χ0v) is 18.6. The van der Waals surface area contributed by atoms with Crippen molar-refractivity contribution in [1.29, 1.82) is 0 Å². The Kier molecular flexibility index (Phi) is 5.15. The minimum atomic E-state index is 0.788. The molecule has 5 nitrogen and oxygen atoms in total. The molecule has 0 amide bonds. The van der Waals surface area contributed by atoms with Crippen molar-refractivity contribution in [3.63, 3.8) is 0 Å². The van der Waals surface area contributed by atoms with E-state index in [1.807, 2.05) is 36.4 Å². The van der Waals surface area contributed by atoms with Gasteiger partial charge in [-0.05, 0) is 31.2 Å². The number of ether oxygens (including phenoxy) is 1. The summed E-state index contributed by atoms with van der Waals surface area (Å²) in [6.45, 7) is 2.89. The van der Waals surface area contributed by atoms with Gasteiger partial charge in [-0.2, -0.15) is 0 Å². The standard InChI is InChI=1S/C27H26N4O/c1-20-26(21-9-5-4-6-10-21)30(3)27(28-20)22-11-7-13-24(17-22)32-25-14-8-12-23(18-25)31-16-15-29(2)19-31/h4-18H,19H2,1-3H3. The van der Waals surface area contributed by atoms with Crippen LogP contribution in [0.2, 0.25) is 0 Å². The molecular formula is C27H26N4O. The largest absolute Gasteiger partial charge is 0.457 e. The van der Waals surface area contributed by atoms with Crippen LogP contribution in [0.15, 0.2) is 91.3 Å².